The number of aromatic nitrogens is 2. The van der Waals surface area contributed by atoms with Crippen LogP contribution in [0.5, 0.6) is 0 Å². The van der Waals surface area contributed by atoms with Crippen molar-refractivity contribution in [3.63, 3.8) is 0 Å². The molecule has 0 aliphatic carbocycles. The minimum absolute atomic E-state index is 0.390. The van der Waals surface area contributed by atoms with E-state index >= 15 is 0 Å². The number of hydrogen-bond donors (Lipinski definition) is 2. The molecule has 3 N–H and O–H groups in total. The van der Waals surface area contributed by atoms with Gasteiger partial charge in [0.1, 0.15) is 5.82 Å². The molecule has 88 valence electrons. The van der Waals surface area contributed by atoms with Crippen molar-refractivity contribution in [1.82, 2.24) is 9.97 Å². The second kappa shape index (κ2) is 6.90. The van der Waals surface area contributed by atoms with Gasteiger partial charge in [-0.1, -0.05) is 6.42 Å². The van der Waals surface area contributed by atoms with Crippen molar-refractivity contribution in [3.05, 3.63) is 24.3 Å². The van der Waals surface area contributed by atoms with Crippen LogP contribution >= 0.6 is 0 Å². The summed E-state index contributed by atoms with van der Waals surface area (Å²) in [7, 11) is 0. The second-order valence-electron chi connectivity index (χ2n) is 3.69. The molecule has 1 heterocycles. The van der Waals surface area contributed by atoms with E-state index in [0.29, 0.717) is 25.2 Å². The standard InChI is InChI=1S/C11H17N3O2/c12-5-2-1-4-9(11(15)16)8-10-13-6-3-7-14-10/h3,6-7,9H,1-2,4-5,8,12H2,(H,15,16). The van der Waals surface area contributed by atoms with Gasteiger partial charge >= 0.3 is 5.97 Å². The summed E-state index contributed by atoms with van der Waals surface area (Å²) in [6.07, 6.45) is 5.97. The molecule has 0 bridgehead atoms. The highest BCUT2D eigenvalue weighted by molar-refractivity contribution is 5.70. The molecule has 0 aliphatic heterocycles. The Hall–Kier alpha value is -1.49. The average Bonchev–Trinajstić information content (AvgIpc) is 2.29. The maximum Gasteiger partial charge on any atom is 0.306 e. The molecule has 0 fully saturated rings. The summed E-state index contributed by atoms with van der Waals surface area (Å²) in [5.74, 6) is -0.610. The number of carboxylic acids is 1. The number of hydrogen-bond acceptors (Lipinski definition) is 4. The molecule has 1 aromatic heterocycles. The van der Waals surface area contributed by atoms with E-state index in [2.05, 4.69) is 9.97 Å². The molecule has 0 saturated heterocycles. The van der Waals surface area contributed by atoms with Gasteiger partial charge in [0.25, 0.3) is 0 Å². The lowest BCUT2D eigenvalue weighted by atomic mass is 9.98. The third-order valence-corrected chi connectivity index (χ3v) is 2.40. The van der Waals surface area contributed by atoms with Gasteiger partial charge in [0, 0.05) is 18.8 Å². The molecule has 1 rings (SSSR count). The van der Waals surface area contributed by atoms with Crippen molar-refractivity contribution < 1.29 is 9.90 Å². The Balaban J connectivity index is 2.48. The third kappa shape index (κ3) is 4.35. The van der Waals surface area contributed by atoms with Gasteiger partial charge in [-0.2, -0.15) is 0 Å². The Morgan fingerprint density at radius 2 is 2.06 bits per heavy atom. The highest BCUT2D eigenvalue weighted by atomic mass is 16.4. The summed E-state index contributed by atoms with van der Waals surface area (Å²) < 4.78 is 0. The van der Waals surface area contributed by atoms with E-state index in [1.165, 1.54) is 0 Å². The van der Waals surface area contributed by atoms with Crippen molar-refractivity contribution >= 4 is 5.97 Å². The largest absolute Gasteiger partial charge is 0.481 e. The number of carboxylic acid groups (broad SMARTS) is 1. The highest BCUT2D eigenvalue weighted by Crippen LogP contribution is 2.13. The number of nitrogens with zero attached hydrogens (tertiary/aromatic N) is 2. The van der Waals surface area contributed by atoms with E-state index in [0.717, 1.165) is 12.8 Å². The lowest BCUT2D eigenvalue weighted by molar-refractivity contribution is -0.142. The van der Waals surface area contributed by atoms with E-state index in [9.17, 15) is 4.79 Å². The predicted molar refractivity (Wildman–Crippen MR) is 59.8 cm³/mol. The van der Waals surface area contributed by atoms with Crippen LogP contribution in [0.1, 0.15) is 25.1 Å². The smallest absolute Gasteiger partial charge is 0.306 e. The van der Waals surface area contributed by atoms with E-state index < -0.39 is 11.9 Å². The van der Waals surface area contributed by atoms with Crippen LogP contribution in [-0.2, 0) is 11.2 Å². The van der Waals surface area contributed by atoms with Gasteiger partial charge < -0.3 is 10.8 Å². The monoisotopic (exact) mass is 223 g/mol. The van der Waals surface area contributed by atoms with Gasteiger partial charge in [-0.15, -0.1) is 0 Å². The number of aliphatic carboxylic acids is 1. The SMILES string of the molecule is NCCCCC(Cc1ncccn1)C(=O)O. The minimum atomic E-state index is -0.788. The number of unbranched alkanes of at least 4 members (excludes halogenated alkanes) is 1. The molecule has 16 heavy (non-hydrogen) atoms. The van der Waals surface area contributed by atoms with Gasteiger partial charge in [-0.3, -0.25) is 4.79 Å². The summed E-state index contributed by atoms with van der Waals surface area (Å²) in [6.45, 7) is 0.605. The molecule has 1 atom stereocenters. The van der Waals surface area contributed by atoms with Gasteiger partial charge in [0.15, 0.2) is 0 Å². The van der Waals surface area contributed by atoms with Crippen LogP contribution in [0, 0.1) is 5.92 Å². The molecule has 0 radical (unpaired) electrons. The van der Waals surface area contributed by atoms with E-state index in [4.69, 9.17) is 10.8 Å². The molecular weight excluding hydrogens is 206 g/mol. The molecule has 0 saturated carbocycles. The summed E-state index contributed by atoms with van der Waals surface area (Å²) >= 11 is 0. The van der Waals surface area contributed by atoms with Crippen molar-refractivity contribution in [2.24, 2.45) is 11.7 Å². The zero-order valence-corrected chi connectivity index (χ0v) is 9.17. The van der Waals surface area contributed by atoms with Crippen molar-refractivity contribution in [2.75, 3.05) is 6.54 Å². The van der Waals surface area contributed by atoms with E-state index in [1.54, 1.807) is 18.5 Å². The fourth-order valence-corrected chi connectivity index (χ4v) is 1.50. The van der Waals surface area contributed by atoms with Gasteiger partial charge in [0.2, 0.25) is 0 Å². The summed E-state index contributed by atoms with van der Waals surface area (Å²) in [4.78, 5) is 19.1. The summed E-state index contributed by atoms with van der Waals surface area (Å²) in [5, 5.41) is 9.05. The maximum atomic E-state index is 11.0. The zero-order chi connectivity index (χ0) is 11.8. The van der Waals surface area contributed by atoms with Crippen LogP contribution in [0.2, 0.25) is 0 Å². The number of rotatable bonds is 7. The Kier molecular flexibility index (Phi) is 5.42. The van der Waals surface area contributed by atoms with Crippen LogP contribution in [0.4, 0.5) is 0 Å². The van der Waals surface area contributed by atoms with Gasteiger partial charge in [0.05, 0.1) is 5.92 Å². The molecule has 5 nitrogen and oxygen atoms in total. The van der Waals surface area contributed by atoms with Crippen LogP contribution in [0.25, 0.3) is 0 Å². The van der Waals surface area contributed by atoms with E-state index in [1.807, 2.05) is 0 Å². The Labute approximate surface area is 94.7 Å². The number of carbonyl (C=O) groups is 1. The first kappa shape index (κ1) is 12.6. The fourth-order valence-electron chi connectivity index (χ4n) is 1.50. The maximum absolute atomic E-state index is 11.0. The average molecular weight is 223 g/mol. The predicted octanol–water partition coefficient (Wildman–Crippen LogP) is 0.849. The molecule has 1 unspecified atom stereocenters. The fraction of sp³-hybridized carbons (Fsp3) is 0.545. The highest BCUT2D eigenvalue weighted by Gasteiger charge is 2.18. The Morgan fingerprint density at radius 3 is 2.62 bits per heavy atom. The molecule has 0 spiro atoms. The Morgan fingerprint density at radius 1 is 1.38 bits per heavy atom. The topological polar surface area (TPSA) is 89.1 Å². The van der Waals surface area contributed by atoms with Crippen LogP contribution < -0.4 is 5.73 Å². The first-order valence-electron chi connectivity index (χ1n) is 5.42. The van der Waals surface area contributed by atoms with Gasteiger partial charge in [-0.25, -0.2) is 9.97 Å². The van der Waals surface area contributed by atoms with Crippen LogP contribution in [0.15, 0.2) is 18.5 Å². The Bertz CT molecular complexity index is 316. The van der Waals surface area contributed by atoms with Crippen molar-refractivity contribution in [3.8, 4) is 0 Å². The summed E-state index contributed by atoms with van der Waals surface area (Å²) in [5.41, 5.74) is 5.37. The molecule has 0 aromatic carbocycles. The number of nitrogens with two attached hydrogens (primary N) is 1. The lowest BCUT2D eigenvalue weighted by Gasteiger charge is -2.10. The molecule has 1 aromatic rings. The van der Waals surface area contributed by atoms with E-state index in [-0.39, 0.29) is 0 Å². The summed E-state index contributed by atoms with van der Waals surface area (Å²) in [6, 6.07) is 1.72. The third-order valence-electron chi connectivity index (χ3n) is 2.40. The lowest BCUT2D eigenvalue weighted by Crippen LogP contribution is -2.18. The van der Waals surface area contributed by atoms with Gasteiger partial charge in [-0.05, 0) is 25.5 Å². The van der Waals surface area contributed by atoms with Crippen LogP contribution in [0.3, 0.4) is 0 Å². The molecule has 0 aliphatic rings. The molecule has 0 amide bonds. The minimum Gasteiger partial charge on any atom is -0.481 e. The first-order valence-corrected chi connectivity index (χ1v) is 5.42. The normalized spacial score (nSPS) is 12.3. The zero-order valence-electron chi connectivity index (χ0n) is 9.17. The molecular formula is C11H17N3O2. The van der Waals surface area contributed by atoms with Crippen molar-refractivity contribution in [2.45, 2.75) is 25.7 Å². The van der Waals surface area contributed by atoms with Crippen LogP contribution in [-0.4, -0.2) is 27.6 Å². The molecule has 5 heteroatoms. The van der Waals surface area contributed by atoms with Crippen molar-refractivity contribution in [1.29, 1.82) is 0 Å². The quantitative estimate of drug-likeness (QED) is 0.669. The second-order valence-corrected chi connectivity index (χ2v) is 3.69. The first-order chi connectivity index (χ1) is 7.74.